The molecule has 1 aliphatic heterocycles. The van der Waals surface area contributed by atoms with Crippen LogP contribution in [0.1, 0.15) is 30.8 Å². The fourth-order valence-corrected chi connectivity index (χ4v) is 4.81. The van der Waals surface area contributed by atoms with Crippen molar-refractivity contribution in [1.29, 1.82) is 0 Å². The zero-order valence-electron chi connectivity index (χ0n) is 23.2. The van der Waals surface area contributed by atoms with Gasteiger partial charge in [0, 0.05) is 12.6 Å². The van der Waals surface area contributed by atoms with E-state index in [1.165, 1.54) is 36.4 Å². The first kappa shape index (κ1) is 31.6. The van der Waals surface area contributed by atoms with E-state index >= 15 is 0 Å². The number of phenolic OH excluding ortho intramolecular Hbond substituents is 1. The summed E-state index contributed by atoms with van der Waals surface area (Å²) in [5.74, 6) is -3.31. The van der Waals surface area contributed by atoms with E-state index in [9.17, 15) is 44.7 Å². The molecule has 14 heteroatoms. The van der Waals surface area contributed by atoms with Crippen LogP contribution in [0.3, 0.4) is 0 Å². The van der Waals surface area contributed by atoms with Gasteiger partial charge in [0.1, 0.15) is 23.2 Å². The van der Waals surface area contributed by atoms with Gasteiger partial charge in [-0.25, -0.2) is 4.79 Å². The number of hydrogen-bond acceptors (Lipinski definition) is 12. The first-order valence-electron chi connectivity index (χ1n) is 13.3. The molecule has 230 valence electrons. The van der Waals surface area contributed by atoms with Crippen LogP contribution in [0.4, 0.5) is 0 Å². The van der Waals surface area contributed by atoms with Gasteiger partial charge in [-0.2, -0.15) is 0 Å². The zero-order chi connectivity index (χ0) is 31.7. The molecule has 14 nitrogen and oxygen atoms in total. The number of aldehydes is 1. The number of aliphatic hydroxyl groups is 3. The Hall–Kier alpha value is -4.34. The molecule has 2 aromatic carbocycles. The molecule has 3 aromatic rings. The number of nitrogens with one attached hydrogen (secondary N) is 1. The zero-order valence-corrected chi connectivity index (χ0v) is 23.2. The van der Waals surface area contributed by atoms with Gasteiger partial charge in [0.25, 0.3) is 5.91 Å². The third-order valence-electron chi connectivity index (χ3n) is 7.29. The van der Waals surface area contributed by atoms with Crippen molar-refractivity contribution >= 4 is 29.1 Å². The van der Waals surface area contributed by atoms with Gasteiger partial charge in [0.15, 0.2) is 23.6 Å². The maximum absolute atomic E-state index is 13.4. The Labute approximate surface area is 244 Å². The van der Waals surface area contributed by atoms with Crippen LogP contribution >= 0.6 is 0 Å². The number of primary amides is 1. The minimum Gasteiger partial charge on any atom is -0.508 e. The molecule has 1 aliphatic rings. The van der Waals surface area contributed by atoms with Crippen molar-refractivity contribution < 1.29 is 53.8 Å². The second-order valence-corrected chi connectivity index (χ2v) is 10.7. The quantitative estimate of drug-likeness (QED) is 0.114. The Balaban J connectivity index is 1.78. The van der Waals surface area contributed by atoms with Crippen molar-refractivity contribution in [3.8, 4) is 22.6 Å². The summed E-state index contributed by atoms with van der Waals surface area (Å²) in [7, 11) is 0. The number of carboxylic acids is 1. The molecule has 0 aliphatic carbocycles. The van der Waals surface area contributed by atoms with Crippen LogP contribution in [0, 0.1) is 5.92 Å². The lowest BCUT2D eigenvalue weighted by Gasteiger charge is -2.51. The third kappa shape index (κ3) is 5.83. The molecule has 43 heavy (non-hydrogen) atoms. The number of carboxylic acid groups (broad SMARTS) is 1. The molecule has 0 radical (unpaired) electrons. The maximum Gasteiger partial charge on any atom is 0.335 e. The number of aliphatic hydroxyl groups excluding tert-OH is 1. The molecule has 1 amide bonds. The minimum absolute atomic E-state index is 0.0150. The highest BCUT2D eigenvalue weighted by molar-refractivity contribution is 5.99. The standard InChI is InChI=1S/C29H32N2O12/c1-14(2)9-10-31-12-28(39)27(43-23(26(37)38)24(35)29(28,40)13-32)41-17-7-8-18-19(11-17)42-22(25(30)36)20(21(18)34)15-3-5-16(33)6-4-15/h3-8,11,13-14,23-24,27,31,33,35,39-40H,9-10,12H2,1-2H3,(H2,30,36)(H,37,38). The van der Waals surface area contributed by atoms with E-state index in [-0.39, 0.29) is 45.8 Å². The molecule has 2 heterocycles. The topological polar surface area (TPSA) is 239 Å². The predicted molar refractivity (Wildman–Crippen MR) is 149 cm³/mol. The van der Waals surface area contributed by atoms with Gasteiger partial charge < -0.3 is 50.5 Å². The highest BCUT2D eigenvalue weighted by Crippen LogP contribution is 2.39. The molecule has 5 unspecified atom stereocenters. The molecule has 1 saturated heterocycles. The second-order valence-electron chi connectivity index (χ2n) is 10.7. The lowest BCUT2D eigenvalue weighted by Crippen LogP contribution is -2.79. The van der Waals surface area contributed by atoms with Gasteiger partial charge in [-0.15, -0.1) is 0 Å². The van der Waals surface area contributed by atoms with Crippen molar-refractivity contribution in [1.82, 2.24) is 5.32 Å². The Bertz CT molecular complexity index is 1590. The largest absolute Gasteiger partial charge is 0.508 e. The molecule has 4 rings (SSSR count). The van der Waals surface area contributed by atoms with Gasteiger partial charge in [0.2, 0.25) is 17.5 Å². The first-order chi connectivity index (χ1) is 20.2. The van der Waals surface area contributed by atoms with Crippen LogP contribution < -0.4 is 21.2 Å². The number of fused-ring (bicyclic) bond motifs is 1. The summed E-state index contributed by atoms with van der Waals surface area (Å²) in [6.45, 7) is 3.66. The van der Waals surface area contributed by atoms with Crippen molar-refractivity contribution in [3.63, 3.8) is 0 Å². The highest BCUT2D eigenvalue weighted by atomic mass is 16.7. The summed E-state index contributed by atoms with van der Waals surface area (Å²) in [4.78, 5) is 49.6. The lowest BCUT2D eigenvalue weighted by atomic mass is 9.74. The summed E-state index contributed by atoms with van der Waals surface area (Å²) in [5.41, 5.74) is -1.01. The van der Waals surface area contributed by atoms with Crippen molar-refractivity contribution in [2.24, 2.45) is 11.7 Å². The second kappa shape index (κ2) is 12.1. The summed E-state index contributed by atoms with van der Waals surface area (Å²) in [6, 6.07) is 9.08. The Morgan fingerprint density at radius 2 is 1.84 bits per heavy atom. The molecule has 1 fully saturated rings. The van der Waals surface area contributed by atoms with E-state index in [1.54, 1.807) is 0 Å². The number of rotatable bonds is 11. The van der Waals surface area contributed by atoms with Gasteiger partial charge >= 0.3 is 5.97 Å². The molecular weight excluding hydrogens is 568 g/mol. The smallest absolute Gasteiger partial charge is 0.335 e. The van der Waals surface area contributed by atoms with Gasteiger partial charge in [-0.1, -0.05) is 26.0 Å². The molecule has 0 bridgehead atoms. The van der Waals surface area contributed by atoms with E-state index in [0.717, 1.165) is 6.07 Å². The fourth-order valence-electron chi connectivity index (χ4n) is 4.81. The van der Waals surface area contributed by atoms with Crippen molar-refractivity contribution in [3.05, 3.63) is 58.4 Å². The van der Waals surface area contributed by atoms with Crippen LogP contribution in [-0.2, 0) is 14.3 Å². The summed E-state index contributed by atoms with van der Waals surface area (Å²) >= 11 is 0. The summed E-state index contributed by atoms with van der Waals surface area (Å²) in [5, 5.41) is 55.4. The number of ether oxygens (including phenoxy) is 2. The monoisotopic (exact) mass is 600 g/mol. The Morgan fingerprint density at radius 3 is 2.42 bits per heavy atom. The molecule has 1 aromatic heterocycles. The lowest BCUT2D eigenvalue weighted by molar-refractivity contribution is -0.334. The van der Waals surface area contributed by atoms with E-state index in [0.29, 0.717) is 13.0 Å². The number of nitrogens with two attached hydrogens (primary N) is 1. The number of benzene rings is 2. The normalized spacial score (nSPS) is 25.5. The maximum atomic E-state index is 13.4. The average molecular weight is 601 g/mol. The van der Waals surface area contributed by atoms with Crippen molar-refractivity contribution in [2.45, 2.75) is 50.0 Å². The molecule has 5 atom stereocenters. The Morgan fingerprint density at radius 1 is 1.16 bits per heavy atom. The van der Waals surface area contributed by atoms with Gasteiger partial charge in [-0.3, -0.25) is 14.4 Å². The molecule has 0 spiro atoms. The minimum atomic E-state index is -3.05. The summed E-state index contributed by atoms with van der Waals surface area (Å²) in [6.07, 6.45) is -6.12. The van der Waals surface area contributed by atoms with Gasteiger partial charge in [-0.05, 0) is 48.7 Å². The fraction of sp³-hybridized carbons (Fsp3) is 0.379. The van der Waals surface area contributed by atoms with E-state index in [1.807, 2.05) is 13.8 Å². The number of carbonyl (C=O) groups is 3. The van der Waals surface area contributed by atoms with Crippen molar-refractivity contribution in [2.75, 3.05) is 13.1 Å². The van der Waals surface area contributed by atoms with Crippen LogP contribution in [0.25, 0.3) is 22.1 Å². The number of phenols is 1. The average Bonchev–Trinajstić information content (AvgIpc) is 2.95. The molecule has 8 N–H and O–H groups in total. The predicted octanol–water partition coefficient (Wildman–Crippen LogP) is 0.110. The highest BCUT2D eigenvalue weighted by Gasteiger charge is 2.67. The number of amides is 1. The number of hydrogen-bond donors (Lipinski definition) is 7. The van der Waals surface area contributed by atoms with Crippen LogP contribution in [0.15, 0.2) is 51.7 Å². The number of carbonyl (C=O) groups excluding carboxylic acids is 2. The van der Waals surface area contributed by atoms with Gasteiger partial charge in [0.05, 0.1) is 10.9 Å². The number of aromatic hydroxyl groups is 1. The SMILES string of the molecule is CC(C)CCNCC1(O)C(Oc2ccc3c(=O)c(-c4ccc(O)cc4)c(C(N)=O)oc3c2)OC(C(=O)O)C(O)C1(O)C=O. The molecular formula is C29H32N2O12. The van der Waals surface area contributed by atoms with E-state index in [2.05, 4.69) is 5.32 Å². The van der Waals surface area contributed by atoms with E-state index in [4.69, 9.17) is 19.6 Å². The Kier molecular flexibility index (Phi) is 8.89. The van der Waals surface area contributed by atoms with Crippen LogP contribution in [0.2, 0.25) is 0 Å². The third-order valence-corrected chi connectivity index (χ3v) is 7.29. The summed E-state index contributed by atoms with van der Waals surface area (Å²) < 4.78 is 16.8. The van der Waals surface area contributed by atoms with E-state index < -0.39 is 59.3 Å². The first-order valence-corrected chi connectivity index (χ1v) is 13.3. The molecule has 0 saturated carbocycles. The van der Waals surface area contributed by atoms with Crippen LogP contribution in [-0.4, -0.2) is 86.5 Å². The number of aliphatic carboxylic acids is 1. The van der Waals surface area contributed by atoms with Crippen LogP contribution in [0.5, 0.6) is 11.5 Å².